The van der Waals surface area contributed by atoms with E-state index in [-0.39, 0.29) is 18.0 Å². The molecule has 18 heavy (non-hydrogen) atoms. The van der Waals surface area contributed by atoms with E-state index in [2.05, 4.69) is 17.6 Å². The van der Waals surface area contributed by atoms with E-state index in [9.17, 15) is 9.59 Å². The van der Waals surface area contributed by atoms with Crippen molar-refractivity contribution in [1.82, 2.24) is 10.6 Å². The molecule has 3 N–H and O–H groups in total. The van der Waals surface area contributed by atoms with E-state index in [0.29, 0.717) is 12.5 Å². The molecule has 3 atom stereocenters. The van der Waals surface area contributed by atoms with Gasteiger partial charge in [-0.3, -0.25) is 10.1 Å². The Bertz CT molecular complexity index is 294. The molecule has 3 amide bonds. The topological polar surface area (TPSA) is 62.6 Å². The summed E-state index contributed by atoms with van der Waals surface area (Å²) in [5.74, 6) is 0.496. The molecule has 0 aromatic rings. The lowest BCUT2D eigenvalue weighted by Gasteiger charge is -2.27. The highest BCUT2D eigenvalue weighted by atomic mass is 16.2. The highest BCUT2D eigenvalue weighted by Gasteiger charge is 2.22. The van der Waals surface area contributed by atoms with Gasteiger partial charge < -0.3 is 10.2 Å². The lowest BCUT2D eigenvalue weighted by atomic mass is 10.0. The molecule has 1 unspecified atom stereocenters. The van der Waals surface area contributed by atoms with Crippen LogP contribution in [0.5, 0.6) is 0 Å². The van der Waals surface area contributed by atoms with Crippen LogP contribution in [0, 0.1) is 5.92 Å². The predicted octanol–water partition coefficient (Wildman–Crippen LogP) is -0.0745. The zero-order valence-electron chi connectivity index (χ0n) is 11.7. The van der Waals surface area contributed by atoms with Crippen LogP contribution in [0.3, 0.4) is 0 Å². The van der Waals surface area contributed by atoms with Gasteiger partial charge in [0.05, 0.1) is 13.1 Å². The molecule has 0 aromatic heterocycles. The molecule has 1 rings (SSSR count). The average molecular weight is 256 g/mol. The van der Waals surface area contributed by atoms with Crippen molar-refractivity contribution in [3.8, 4) is 0 Å². The van der Waals surface area contributed by atoms with Gasteiger partial charge in [0, 0.05) is 12.0 Å². The Morgan fingerprint density at radius 1 is 1.44 bits per heavy atom. The van der Waals surface area contributed by atoms with Crippen LogP contribution in [-0.2, 0) is 4.79 Å². The average Bonchev–Trinajstić information content (AvgIpc) is 2.28. The van der Waals surface area contributed by atoms with Crippen molar-refractivity contribution in [2.24, 2.45) is 5.92 Å². The van der Waals surface area contributed by atoms with Crippen molar-refractivity contribution in [2.75, 3.05) is 19.6 Å². The quantitative estimate of drug-likeness (QED) is 0.659. The first kappa shape index (κ1) is 15.0. The maximum Gasteiger partial charge on any atom is 0.321 e. The highest BCUT2D eigenvalue weighted by molar-refractivity contribution is 5.94. The molecule has 0 radical (unpaired) electrons. The molecule has 1 fully saturated rings. The Kier molecular flexibility index (Phi) is 6.12. The summed E-state index contributed by atoms with van der Waals surface area (Å²) >= 11 is 0. The third-order valence-electron chi connectivity index (χ3n) is 3.52. The molecule has 5 nitrogen and oxygen atoms in total. The van der Waals surface area contributed by atoms with Crippen molar-refractivity contribution in [2.45, 2.75) is 46.1 Å². The van der Waals surface area contributed by atoms with E-state index in [1.165, 1.54) is 17.7 Å². The molecule has 0 aliphatic carbocycles. The van der Waals surface area contributed by atoms with Gasteiger partial charge in [0.15, 0.2) is 6.54 Å². The fraction of sp³-hybridized carbons (Fsp3) is 0.846. The minimum atomic E-state index is -0.376. The molecule has 0 saturated carbocycles. The van der Waals surface area contributed by atoms with Gasteiger partial charge in [-0.05, 0) is 26.2 Å². The fourth-order valence-electron chi connectivity index (χ4n) is 2.32. The number of carbonyl (C=O) groups excluding carboxylic acids is 2. The normalized spacial score (nSPS) is 25.3. The molecule has 1 heterocycles. The van der Waals surface area contributed by atoms with Gasteiger partial charge in [-0.2, -0.15) is 0 Å². The van der Waals surface area contributed by atoms with Crippen LogP contribution in [0.1, 0.15) is 40.0 Å². The number of nitrogens with one attached hydrogen (secondary N) is 3. The van der Waals surface area contributed by atoms with E-state index in [1.54, 1.807) is 0 Å². The predicted molar refractivity (Wildman–Crippen MR) is 70.4 cm³/mol. The molecular weight excluding hydrogens is 230 g/mol. The molecule has 0 bridgehead atoms. The van der Waals surface area contributed by atoms with E-state index >= 15 is 0 Å². The van der Waals surface area contributed by atoms with E-state index < -0.39 is 0 Å². The van der Waals surface area contributed by atoms with Crippen molar-refractivity contribution in [3.05, 3.63) is 0 Å². The second-order valence-corrected chi connectivity index (χ2v) is 5.46. The Balaban J connectivity index is 2.26. The van der Waals surface area contributed by atoms with Crippen molar-refractivity contribution in [1.29, 1.82) is 0 Å². The van der Waals surface area contributed by atoms with Crippen LogP contribution in [0.25, 0.3) is 0 Å². The zero-order chi connectivity index (χ0) is 13.5. The van der Waals surface area contributed by atoms with Crippen molar-refractivity contribution >= 4 is 11.9 Å². The fourth-order valence-corrected chi connectivity index (χ4v) is 2.32. The van der Waals surface area contributed by atoms with Crippen molar-refractivity contribution < 1.29 is 14.5 Å². The van der Waals surface area contributed by atoms with Gasteiger partial charge in [0.2, 0.25) is 0 Å². The van der Waals surface area contributed by atoms with Crippen LogP contribution in [0.2, 0.25) is 0 Å². The molecule has 5 heteroatoms. The SMILES string of the molecule is CC[C@H](C)NC(=O)NC(=O)C[NH+]1CCC[C@H](C)C1. The summed E-state index contributed by atoms with van der Waals surface area (Å²) in [6, 6.07) is -0.279. The smallest absolute Gasteiger partial charge is 0.321 e. The molecule has 1 saturated heterocycles. The Morgan fingerprint density at radius 2 is 2.17 bits per heavy atom. The van der Waals surface area contributed by atoms with Gasteiger partial charge in [0.1, 0.15) is 0 Å². The summed E-state index contributed by atoms with van der Waals surface area (Å²) in [6.07, 6.45) is 3.28. The lowest BCUT2D eigenvalue weighted by Crippen LogP contribution is -3.14. The molecule has 0 aromatic carbocycles. The van der Waals surface area contributed by atoms with Crippen LogP contribution in [0.4, 0.5) is 4.79 Å². The number of carbonyl (C=O) groups is 2. The Hall–Kier alpha value is -1.10. The second-order valence-electron chi connectivity index (χ2n) is 5.46. The number of likely N-dealkylation sites (tertiary alicyclic amines) is 1. The van der Waals surface area contributed by atoms with Crippen LogP contribution < -0.4 is 15.5 Å². The molecule has 1 aliphatic heterocycles. The number of quaternary nitrogens is 1. The van der Waals surface area contributed by atoms with Gasteiger partial charge in [-0.25, -0.2) is 4.79 Å². The maximum absolute atomic E-state index is 11.7. The first-order valence-corrected chi connectivity index (χ1v) is 6.95. The number of piperidine rings is 1. The monoisotopic (exact) mass is 256 g/mol. The van der Waals surface area contributed by atoms with Crippen LogP contribution >= 0.6 is 0 Å². The van der Waals surface area contributed by atoms with Gasteiger partial charge in [-0.15, -0.1) is 0 Å². The summed E-state index contributed by atoms with van der Waals surface area (Å²) in [4.78, 5) is 24.5. The third kappa shape index (κ3) is 5.49. The molecular formula is C13H26N3O2+. The Morgan fingerprint density at radius 3 is 2.78 bits per heavy atom. The van der Waals surface area contributed by atoms with Crippen LogP contribution in [-0.4, -0.2) is 37.6 Å². The van der Waals surface area contributed by atoms with Gasteiger partial charge in [-0.1, -0.05) is 13.8 Å². The number of urea groups is 1. The van der Waals surface area contributed by atoms with E-state index in [0.717, 1.165) is 19.5 Å². The third-order valence-corrected chi connectivity index (χ3v) is 3.52. The van der Waals surface area contributed by atoms with Crippen molar-refractivity contribution in [3.63, 3.8) is 0 Å². The molecule has 104 valence electrons. The number of amides is 3. The Labute approximate surface area is 109 Å². The lowest BCUT2D eigenvalue weighted by molar-refractivity contribution is -0.900. The first-order valence-electron chi connectivity index (χ1n) is 6.95. The summed E-state index contributed by atoms with van der Waals surface area (Å²) in [5, 5.41) is 5.12. The van der Waals surface area contributed by atoms with E-state index in [1.807, 2.05) is 13.8 Å². The van der Waals surface area contributed by atoms with Gasteiger partial charge >= 0.3 is 6.03 Å². The zero-order valence-corrected chi connectivity index (χ0v) is 11.7. The molecule has 1 aliphatic rings. The summed E-state index contributed by atoms with van der Waals surface area (Å²) in [5.41, 5.74) is 0. The highest BCUT2D eigenvalue weighted by Crippen LogP contribution is 2.04. The summed E-state index contributed by atoms with van der Waals surface area (Å²) < 4.78 is 0. The number of hydrogen-bond acceptors (Lipinski definition) is 2. The van der Waals surface area contributed by atoms with E-state index in [4.69, 9.17) is 0 Å². The minimum absolute atomic E-state index is 0.0974. The molecule has 0 spiro atoms. The summed E-state index contributed by atoms with van der Waals surface area (Å²) in [7, 11) is 0. The number of hydrogen-bond donors (Lipinski definition) is 3. The summed E-state index contributed by atoms with van der Waals surface area (Å²) in [6.45, 7) is 8.59. The van der Waals surface area contributed by atoms with Crippen LogP contribution in [0.15, 0.2) is 0 Å². The number of imide groups is 1. The second kappa shape index (κ2) is 7.36. The minimum Gasteiger partial charge on any atom is -0.335 e. The van der Waals surface area contributed by atoms with Gasteiger partial charge in [0.25, 0.3) is 5.91 Å². The standard InChI is InChI=1S/C13H25N3O2/c1-4-11(3)14-13(18)15-12(17)9-16-7-5-6-10(2)8-16/h10-11H,4-9H2,1-3H3,(H2,14,15,17,18)/p+1/t10-,11-/m0/s1. The number of rotatable bonds is 4. The first-order chi connectivity index (χ1) is 8.51. The maximum atomic E-state index is 11.7. The largest absolute Gasteiger partial charge is 0.335 e.